The van der Waals surface area contributed by atoms with Crippen molar-refractivity contribution in [1.82, 2.24) is 4.90 Å². The largest absolute Gasteiger partial charge is 0.392 e. The molecule has 2 atom stereocenters. The summed E-state index contributed by atoms with van der Waals surface area (Å²) in [5.74, 6) is 0.818. The average Bonchev–Trinajstić information content (AvgIpc) is 2.45. The van der Waals surface area contributed by atoms with E-state index in [4.69, 9.17) is 5.73 Å². The minimum Gasteiger partial charge on any atom is -0.370 e. The molecule has 0 bridgehead atoms. The number of hydrogen-bond donors (Lipinski definition) is 1. The van der Waals surface area contributed by atoms with Crippen molar-refractivity contribution in [2.75, 3.05) is 31.1 Å². The normalized spacial score (nSPS) is 28.1. The van der Waals surface area contributed by atoms with Gasteiger partial charge in [-0.3, -0.25) is 4.99 Å². The van der Waals surface area contributed by atoms with Crippen LogP contribution in [0.3, 0.4) is 0 Å². The molecule has 0 aromatic heterocycles. The fraction of sp³-hybridized carbons (Fsp3) is 0.923. The monoisotopic (exact) mass is 437 g/mol. The van der Waals surface area contributed by atoms with Gasteiger partial charge in [-0.25, -0.2) is 0 Å². The van der Waals surface area contributed by atoms with E-state index in [-0.39, 0.29) is 36.9 Å². The maximum atomic E-state index is 13.0. The van der Waals surface area contributed by atoms with Crippen molar-refractivity contribution in [3.8, 4) is 0 Å². The first-order valence-electron chi connectivity index (χ1n) is 7.18. The van der Waals surface area contributed by atoms with E-state index in [0.717, 1.165) is 31.0 Å². The summed E-state index contributed by atoms with van der Waals surface area (Å²) < 4.78 is 38.9. The third-order valence-electron chi connectivity index (χ3n) is 4.15. The van der Waals surface area contributed by atoms with E-state index in [0.29, 0.717) is 18.8 Å². The van der Waals surface area contributed by atoms with E-state index >= 15 is 0 Å². The minimum atomic E-state index is -4.10. The molecule has 1 aliphatic carbocycles. The Labute approximate surface area is 145 Å². The number of nitrogens with zero attached hydrogens (tertiary/aromatic N) is 2. The second-order valence-electron chi connectivity index (χ2n) is 5.49. The first kappa shape index (κ1) is 19.2. The summed E-state index contributed by atoms with van der Waals surface area (Å²) in [6.45, 7) is 1.89. The Bertz CT molecular complexity index is 346. The quantitative estimate of drug-likeness (QED) is 0.410. The first-order chi connectivity index (χ1) is 9.48. The molecule has 1 saturated carbocycles. The summed E-state index contributed by atoms with van der Waals surface area (Å²) in [5, 5.41) is 0. The van der Waals surface area contributed by atoms with Gasteiger partial charge in [0.1, 0.15) is 0 Å². The van der Waals surface area contributed by atoms with Gasteiger partial charge >= 0.3 is 6.18 Å². The molecule has 2 fully saturated rings. The zero-order valence-corrected chi connectivity index (χ0v) is 15.1. The van der Waals surface area contributed by atoms with Crippen molar-refractivity contribution in [2.24, 2.45) is 22.6 Å². The van der Waals surface area contributed by atoms with Crippen molar-refractivity contribution in [3.63, 3.8) is 0 Å². The Balaban J connectivity index is 0.00000220. The van der Waals surface area contributed by atoms with E-state index in [1.54, 1.807) is 0 Å². The van der Waals surface area contributed by atoms with Crippen LogP contribution in [0.5, 0.6) is 0 Å². The van der Waals surface area contributed by atoms with Gasteiger partial charge in [0.05, 0.1) is 5.92 Å². The maximum Gasteiger partial charge on any atom is 0.392 e. The molecular weight excluding hydrogens is 414 g/mol. The maximum absolute atomic E-state index is 13.0. The highest BCUT2D eigenvalue weighted by Gasteiger charge is 2.45. The van der Waals surface area contributed by atoms with Crippen LogP contribution in [-0.4, -0.2) is 48.2 Å². The van der Waals surface area contributed by atoms with E-state index in [1.165, 1.54) is 0 Å². The van der Waals surface area contributed by atoms with Gasteiger partial charge < -0.3 is 10.6 Å². The predicted octanol–water partition coefficient (Wildman–Crippen LogP) is 3.34. The van der Waals surface area contributed by atoms with Crippen molar-refractivity contribution in [2.45, 2.75) is 31.9 Å². The molecule has 2 aliphatic rings. The zero-order valence-electron chi connectivity index (χ0n) is 11.9. The smallest absolute Gasteiger partial charge is 0.370 e. The molecule has 0 amide bonds. The van der Waals surface area contributed by atoms with Crippen LogP contribution in [0.15, 0.2) is 4.99 Å². The molecule has 2 rings (SSSR count). The average molecular weight is 437 g/mol. The van der Waals surface area contributed by atoms with Crippen molar-refractivity contribution < 1.29 is 13.2 Å². The molecule has 124 valence electrons. The molecule has 0 aromatic carbocycles. The van der Waals surface area contributed by atoms with Gasteiger partial charge in [0.15, 0.2) is 5.96 Å². The number of rotatable bonds is 2. The second-order valence-corrected chi connectivity index (χ2v) is 6.72. The van der Waals surface area contributed by atoms with E-state index in [9.17, 15) is 13.2 Å². The van der Waals surface area contributed by atoms with Gasteiger partial charge in [-0.2, -0.15) is 24.9 Å². The number of halogens is 4. The summed E-state index contributed by atoms with van der Waals surface area (Å²) in [7, 11) is 0. The molecule has 0 radical (unpaired) electrons. The Kier molecular flexibility index (Phi) is 7.94. The van der Waals surface area contributed by atoms with E-state index < -0.39 is 18.0 Å². The SMILES string of the molecule is I.NC(=NC[C@H]1CCCC[C@H]1C(F)(F)F)N1CCSCC1. The summed E-state index contributed by atoms with van der Waals surface area (Å²) in [6.07, 6.45) is -1.71. The third-order valence-corrected chi connectivity index (χ3v) is 5.09. The van der Waals surface area contributed by atoms with Gasteiger partial charge in [-0.1, -0.05) is 12.8 Å². The lowest BCUT2D eigenvalue weighted by Gasteiger charge is -2.32. The van der Waals surface area contributed by atoms with Gasteiger partial charge in [-0.15, -0.1) is 24.0 Å². The molecule has 8 heteroatoms. The highest BCUT2D eigenvalue weighted by Crippen LogP contribution is 2.41. The fourth-order valence-corrected chi connectivity index (χ4v) is 3.86. The molecule has 2 N–H and O–H groups in total. The number of nitrogens with two attached hydrogens (primary N) is 1. The van der Waals surface area contributed by atoms with Crippen LogP contribution in [0.4, 0.5) is 13.2 Å². The Morgan fingerprint density at radius 1 is 1.19 bits per heavy atom. The van der Waals surface area contributed by atoms with E-state index in [1.807, 2.05) is 16.7 Å². The topological polar surface area (TPSA) is 41.6 Å². The standard InChI is InChI=1S/C13H22F3N3S.HI/c14-13(15,16)11-4-2-1-3-10(11)9-18-12(17)19-5-7-20-8-6-19;/h10-11H,1-9H2,(H2,17,18);1H/t10-,11-;/m1./s1. The highest BCUT2D eigenvalue weighted by atomic mass is 127. The molecule has 0 aromatic rings. The molecule has 1 aliphatic heterocycles. The van der Waals surface area contributed by atoms with Gasteiger partial charge in [0.25, 0.3) is 0 Å². The molecule has 1 saturated heterocycles. The number of aliphatic imine (C=N–C) groups is 1. The highest BCUT2D eigenvalue weighted by molar-refractivity contribution is 14.0. The summed E-state index contributed by atoms with van der Waals surface area (Å²) in [4.78, 5) is 6.22. The number of hydrogen-bond acceptors (Lipinski definition) is 2. The lowest BCUT2D eigenvalue weighted by molar-refractivity contribution is -0.195. The number of thioether (sulfide) groups is 1. The Hall–Kier alpha value is 0.140. The third kappa shape index (κ3) is 5.69. The molecule has 3 nitrogen and oxygen atoms in total. The number of guanidine groups is 1. The molecular formula is C13H23F3IN3S. The summed E-state index contributed by atoms with van der Waals surface area (Å²) >= 11 is 1.86. The van der Waals surface area contributed by atoms with Crippen LogP contribution in [0.25, 0.3) is 0 Å². The lowest BCUT2D eigenvalue weighted by Crippen LogP contribution is -2.43. The Morgan fingerprint density at radius 2 is 1.81 bits per heavy atom. The van der Waals surface area contributed by atoms with Gasteiger partial charge in [0, 0.05) is 31.1 Å². The van der Waals surface area contributed by atoms with Gasteiger partial charge in [0.2, 0.25) is 0 Å². The molecule has 0 unspecified atom stereocenters. The molecule has 1 heterocycles. The summed E-state index contributed by atoms with van der Waals surface area (Å²) in [5.41, 5.74) is 5.91. The fourth-order valence-electron chi connectivity index (χ4n) is 2.96. The Morgan fingerprint density at radius 3 is 2.43 bits per heavy atom. The van der Waals surface area contributed by atoms with Crippen LogP contribution < -0.4 is 5.73 Å². The van der Waals surface area contributed by atoms with Crippen molar-refractivity contribution in [1.29, 1.82) is 0 Å². The van der Waals surface area contributed by atoms with Crippen LogP contribution >= 0.6 is 35.7 Å². The van der Waals surface area contributed by atoms with Crippen LogP contribution in [0, 0.1) is 11.8 Å². The van der Waals surface area contributed by atoms with Crippen LogP contribution in [-0.2, 0) is 0 Å². The van der Waals surface area contributed by atoms with E-state index in [2.05, 4.69) is 4.99 Å². The lowest BCUT2D eigenvalue weighted by atomic mass is 9.79. The van der Waals surface area contributed by atoms with Crippen molar-refractivity contribution >= 4 is 41.7 Å². The second kappa shape index (κ2) is 8.69. The minimum absolute atomic E-state index is 0. The van der Waals surface area contributed by atoms with Crippen molar-refractivity contribution in [3.05, 3.63) is 0 Å². The first-order valence-corrected chi connectivity index (χ1v) is 8.33. The van der Waals surface area contributed by atoms with Gasteiger partial charge in [-0.05, 0) is 18.8 Å². The number of alkyl halides is 3. The predicted molar refractivity (Wildman–Crippen MR) is 92.3 cm³/mol. The zero-order chi connectivity index (χ0) is 14.6. The summed E-state index contributed by atoms with van der Waals surface area (Å²) in [6, 6.07) is 0. The van der Waals surface area contributed by atoms with Crippen LogP contribution in [0.1, 0.15) is 25.7 Å². The molecule has 0 spiro atoms. The molecule has 21 heavy (non-hydrogen) atoms. The van der Waals surface area contributed by atoms with Crippen LogP contribution in [0.2, 0.25) is 0 Å².